The summed E-state index contributed by atoms with van der Waals surface area (Å²) in [5, 5.41) is 0. The molecule has 0 fully saturated rings. The number of benzene rings is 1. The van der Waals surface area contributed by atoms with Gasteiger partial charge in [-0.15, -0.1) is 24.8 Å². The molecular formula is C13H15Cl2OTi. The van der Waals surface area contributed by atoms with E-state index < -0.39 is 0 Å². The number of hydrogen-bond acceptors (Lipinski definition) is 1. The van der Waals surface area contributed by atoms with Crippen molar-refractivity contribution in [2.24, 2.45) is 0 Å². The van der Waals surface area contributed by atoms with Crippen LogP contribution in [0.3, 0.4) is 0 Å². The fourth-order valence-electron chi connectivity index (χ4n) is 1.85. The molecule has 1 atom stereocenters. The van der Waals surface area contributed by atoms with Gasteiger partial charge in [0.1, 0.15) is 0 Å². The number of hydrogen-bond donors (Lipinski definition) is 0. The Hall–Kier alpha value is -0.0457. The van der Waals surface area contributed by atoms with Crippen molar-refractivity contribution in [1.29, 1.82) is 0 Å². The minimum Gasteiger partial charge on any atom is -0.147 e. The Kier molecular flexibility index (Phi) is 8.10. The molecule has 0 bridgehead atoms. The SMILES string of the molecule is CC([O][Ti])c1ccccc1C1=CC=CC1.Cl.Cl. The molecule has 17 heavy (non-hydrogen) atoms. The van der Waals surface area contributed by atoms with Crippen LogP contribution < -0.4 is 0 Å². The predicted molar refractivity (Wildman–Crippen MR) is 72.2 cm³/mol. The summed E-state index contributed by atoms with van der Waals surface area (Å²) in [5.41, 5.74) is 3.97. The van der Waals surface area contributed by atoms with E-state index in [4.69, 9.17) is 3.32 Å². The molecule has 0 aliphatic heterocycles. The minimum atomic E-state index is 0. The molecule has 4 heteroatoms. The first kappa shape index (κ1) is 17.0. The van der Waals surface area contributed by atoms with E-state index in [9.17, 15) is 0 Å². The van der Waals surface area contributed by atoms with Crippen molar-refractivity contribution in [3.63, 3.8) is 0 Å². The standard InChI is InChI=1S/C13H13O.2ClH.Ti/c1-10(14)12-8-4-5-9-13(12)11-6-2-3-7-11;;;/h2-6,8-10H,7H2,1H3;2*1H;/q-1;;;+1. The Morgan fingerprint density at radius 1 is 1.24 bits per heavy atom. The van der Waals surface area contributed by atoms with Crippen LogP contribution in [-0.4, -0.2) is 0 Å². The molecular weight excluding hydrogens is 291 g/mol. The van der Waals surface area contributed by atoms with E-state index in [-0.39, 0.29) is 30.9 Å². The third-order valence-electron chi connectivity index (χ3n) is 2.69. The van der Waals surface area contributed by atoms with Crippen LogP contribution in [0.25, 0.3) is 5.57 Å². The van der Waals surface area contributed by atoms with Crippen LogP contribution in [0.4, 0.5) is 0 Å². The molecule has 0 radical (unpaired) electrons. The first-order chi connectivity index (χ1) is 7.33. The normalized spacial score (nSPS) is 14.5. The Morgan fingerprint density at radius 2 is 1.94 bits per heavy atom. The van der Waals surface area contributed by atoms with Gasteiger partial charge in [-0.2, -0.15) is 0 Å². The van der Waals surface area contributed by atoms with Crippen molar-refractivity contribution in [2.75, 3.05) is 0 Å². The van der Waals surface area contributed by atoms with Gasteiger partial charge in [-0.3, -0.25) is 0 Å². The number of rotatable bonds is 3. The maximum atomic E-state index is 5.39. The van der Waals surface area contributed by atoms with Crippen LogP contribution in [0, 0.1) is 0 Å². The summed E-state index contributed by atoms with van der Waals surface area (Å²) in [6.07, 6.45) is 7.67. The average Bonchev–Trinajstić information content (AvgIpc) is 2.81. The molecule has 0 aromatic heterocycles. The summed E-state index contributed by atoms with van der Waals surface area (Å²) in [5.74, 6) is 0. The molecule has 0 heterocycles. The van der Waals surface area contributed by atoms with Crippen molar-refractivity contribution in [3.8, 4) is 0 Å². The van der Waals surface area contributed by atoms with Crippen molar-refractivity contribution < 1.29 is 24.1 Å². The van der Waals surface area contributed by atoms with Crippen molar-refractivity contribution in [2.45, 2.75) is 19.4 Å². The maximum Gasteiger partial charge on any atom is -0.147 e. The van der Waals surface area contributed by atoms with E-state index in [0.717, 1.165) is 6.42 Å². The fourth-order valence-corrected chi connectivity index (χ4v) is 2.05. The first-order valence-electron chi connectivity index (χ1n) is 5.10. The summed E-state index contributed by atoms with van der Waals surface area (Å²) in [4.78, 5) is 0. The van der Waals surface area contributed by atoms with Crippen LogP contribution in [0.5, 0.6) is 0 Å². The van der Waals surface area contributed by atoms with Crippen LogP contribution >= 0.6 is 24.8 Å². The second-order valence-electron chi connectivity index (χ2n) is 3.67. The fraction of sp³-hybridized carbons (Fsp3) is 0.231. The van der Waals surface area contributed by atoms with Gasteiger partial charge in [0, 0.05) is 0 Å². The zero-order valence-corrected chi connectivity index (χ0v) is 12.7. The Labute approximate surface area is 127 Å². The number of allylic oxidation sites excluding steroid dienone is 4. The zero-order valence-electron chi connectivity index (χ0n) is 9.55. The third-order valence-corrected chi connectivity index (χ3v) is 3.24. The molecule has 0 N–H and O–H groups in total. The first-order valence-corrected chi connectivity index (χ1v) is 5.74. The van der Waals surface area contributed by atoms with Gasteiger partial charge in [0.15, 0.2) is 0 Å². The summed E-state index contributed by atoms with van der Waals surface area (Å²) in [6, 6.07) is 8.46. The van der Waals surface area contributed by atoms with Crippen LogP contribution in [-0.2, 0) is 24.1 Å². The molecule has 1 aromatic rings. The smallest absolute Gasteiger partial charge is 0.147 e. The largest absolute Gasteiger partial charge is 0.147 e. The molecule has 1 nitrogen and oxygen atoms in total. The summed E-state index contributed by atoms with van der Waals surface area (Å²) in [7, 11) is 0. The minimum absolute atomic E-state index is 0. The van der Waals surface area contributed by atoms with Gasteiger partial charge in [-0.05, 0) is 0 Å². The summed E-state index contributed by atoms with van der Waals surface area (Å²) >= 11 is 1.75. The van der Waals surface area contributed by atoms with Crippen LogP contribution in [0.1, 0.15) is 30.6 Å². The van der Waals surface area contributed by atoms with Gasteiger partial charge < -0.3 is 0 Å². The molecule has 0 saturated carbocycles. The van der Waals surface area contributed by atoms with Gasteiger partial charge in [0.2, 0.25) is 0 Å². The van der Waals surface area contributed by atoms with Crippen LogP contribution in [0.2, 0.25) is 0 Å². The van der Waals surface area contributed by atoms with E-state index in [1.54, 1.807) is 20.8 Å². The van der Waals surface area contributed by atoms with Gasteiger partial charge in [0.05, 0.1) is 0 Å². The number of halogens is 2. The van der Waals surface area contributed by atoms with Gasteiger partial charge in [-0.1, -0.05) is 0 Å². The molecule has 91 valence electrons. The van der Waals surface area contributed by atoms with Gasteiger partial charge in [-0.25, -0.2) is 0 Å². The van der Waals surface area contributed by atoms with E-state index in [2.05, 4.69) is 49.4 Å². The average molecular weight is 306 g/mol. The van der Waals surface area contributed by atoms with Crippen molar-refractivity contribution in [3.05, 3.63) is 53.6 Å². The second-order valence-corrected chi connectivity index (χ2v) is 4.04. The van der Waals surface area contributed by atoms with Crippen molar-refractivity contribution in [1.82, 2.24) is 0 Å². The van der Waals surface area contributed by atoms with Crippen molar-refractivity contribution >= 4 is 30.4 Å². The van der Waals surface area contributed by atoms with E-state index in [0.29, 0.717) is 0 Å². The van der Waals surface area contributed by atoms with Gasteiger partial charge >= 0.3 is 103 Å². The maximum absolute atomic E-state index is 5.39. The Bertz CT molecular complexity index is 416. The second kappa shape index (κ2) is 8.13. The molecule has 0 spiro atoms. The van der Waals surface area contributed by atoms with Crippen LogP contribution in [0.15, 0.2) is 42.5 Å². The predicted octanol–water partition coefficient (Wildman–Crippen LogP) is 4.41. The quantitative estimate of drug-likeness (QED) is 0.752. The molecule has 1 aliphatic rings. The van der Waals surface area contributed by atoms with E-state index in [1.165, 1.54) is 16.7 Å². The molecule has 0 amide bonds. The van der Waals surface area contributed by atoms with E-state index >= 15 is 0 Å². The monoisotopic (exact) mass is 305 g/mol. The Balaban J connectivity index is 0.00000128. The van der Waals surface area contributed by atoms with E-state index in [1.807, 2.05) is 0 Å². The Morgan fingerprint density at radius 3 is 2.53 bits per heavy atom. The molecule has 1 aliphatic carbocycles. The zero-order chi connectivity index (χ0) is 10.7. The van der Waals surface area contributed by atoms with Gasteiger partial charge in [0.25, 0.3) is 0 Å². The molecule has 2 rings (SSSR count). The molecule has 0 saturated heterocycles. The topological polar surface area (TPSA) is 9.23 Å². The molecule has 1 unspecified atom stereocenters. The third kappa shape index (κ3) is 3.98. The molecule has 1 aromatic carbocycles. The summed E-state index contributed by atoms with van der Waals surface area (Å²) < 4.78 is 5.39. The summed E-state index contributed by atoms with van der Waals surface area (Å²) in [6.45, 7) is 2.09.